The van der Waals surface area contributed by atoms with E-state index in [1.807, 2.05) is 0 Å². The van der Waals surface area contributed by atoms with Crippen molar-refractivity contribution < 1.29 is 0 Å². The van der Waals surface area contributed by atoms with Crippen LogP contribution in [0.3, 0.4) is 0 Å². The van der Waals surface area contributed by atoms with Crippen molar-refractivity contribution in [2.75, 3.05) is 0 Å². The molecule has 1 aromatic carbocycles. The summed E-state index contributed by atoms with van der Waals surface area (Å²) in [5.41, 5.74) is 18.4. The maximum Gasteiger partial charge on any atom is 0.151 e. The molecule has 6 N–H and O–H groups in total. The SMILES string of the molecule is Cc1c(C)c(CSC(=N)N)c(C)c(CSC(=N)N)c1C.Cl.Cl. The Balaban J connectivity index is 0. The molecule has 0 aliphatic rings. The molecule has 0 fully saturated rings. The molecule has 1 rings (SSSR count). The molecule has 0 aliphatic heterocycles. The Morgan fingerprint density at radius 3 is 1.32 bits per heavy atom. The van der Waals surface area contributed by atoms with E-state index < -0.39 is 0 Å². The van der Waals surface area contributed by atoms with Gasteiger partial charge < -0.3 is 11.5 Å². The van der Waals surface area contributed by atoms with Crippen molar-refractivity contribution in [1.29, 1.82) is 10.8 Å². The standard InChI is InChI=1S/C14H22N4S2.2ClH/c1-7-8(2)11(5-19-13(15)16)10(4)12(9(7)3)6-20-14(17)18;;/h5-6H2,1-4H3,(H3,15,16)(H3,17,18);2*1H. The summed E-state index contributed by atoms with van der Waals surface area (Å²) in [5.74, 6) is 1.43. The van der Waals surface area contributed by atoms with E-state index in [0.29, 0.717) is 11.5 Å². The third-order valence-corrected chi connectivity index (χ3v) is 5.17. The third-order valence-electron chi connectivity index (χ3n) is 3.68. The summed E-state index contributed by atoms with van der Waals surface area (Å²) in [4.78, 5) is 0. The molecular formula is C14H24Cl2N4S2. The van der Waals surface area contributed by atoms with Gasteiger partial charge in [-0.2, -0.15) is 0 Å². The second-order valence-corrected chi connectivity index (χ2v) is 6.80. The fourth-order valence-electron chi connectivity index (χ4n) is 2.21. The fourth-order valence-corrected chi connectivity index (χ4v) is 3.68. The first kappa shape index (κ1) is 23.7. The molecule has 0 saturated heterocycles. The summed E-state index contributed by atoms with van der Waals surface area (Å²) in [7, 11) is 0. The number of nitrogens with one attached hydrogen (secondary N) is 2. The lowest BCUT2D eigenvalue weighted by atomic mass is 9.90. The monoisotopic (exact) mass is 382 g/mol. The molecule has 0 bridgehead atoms. The van der Waals surface area contributed by atoms with E-state index in [4.69, 9.17) is 22.3 Å². The van der Waals surface area contributed by atoms with Crippen LogP contribution in [0.2, 0.25) is 0 Å². The van der Waals surface area contributed by atoms with E-state index >= 15 is 0 Å². The predicted molar refractivity (Wildman–Crippen MR) is 106 cm³/mol. The van der Waals surface area contributed by atoms with Crippen molar-refractivity contribution >= 4 is 58.7 Å². The van der Waals surface area contributed by atoms with Crippen LogP contribution in [0, 0.1) is 38.5 Å². The van der Waals surface area contributed by atoms with E-state index in [0.717, 1.165) is 0 Å². The summed E-state index contributed by atoms with van der Waals surface area (Å²) < 4.78 is 0. The zero-order valence-electron chi connectivity index (χ0n) is 13.2. The van der Waals surface area contributed by atoms with Gasteiger partial charge in [0, 0.05) is 11.5 Å². The van der Waals surface area contributed by atoms with Crippen LogP contribution in [0.4, 0.5) is 0 Å². The van der Waals surface area contributed by atoms with Gasteiger partial charge in [0.05, 0.1) is 0 Å². The number of nitrogens with two attached hydrogens (primary N) is 2. The van der Waals surface area contributed by atoms with E-state index in [1.54, 1.807) is 0 Å². The molecule has 0 aliphatic carbocycles. The Labute approximate surface area is 153 Å². The summed E-state index contributed by atoms with van der Waals surface area (Å²) in [5, 5.41) is 15.0. The Morgan fingerprint density at radius 1 is 0.727 bits per heavy atom. The van der Waals surface area contributed by atoms with Crippen LogP contribution in [0.15, 0.2) is 0 Å². The molecule has 0 amide bonds. The van der Waals surface area contributed by atoms with Gasteiger partial charge in [0.25, 0.3) is 0 Å². The highest BCUT2D eigenvalue weighted by Crippen LogP contribution is 2.31. The lowest BCUT2D eigenvalue weighted by Crippen LogP contribution is -2.09. The molecule has 0 heterocycles. The van der Waals surface area contributed by atoms with Crippen LogP contribution in [0.5, 0.6) is 0 Å². The number of thioether (sulfide) groups is 2. The Morgan fingerprint density at radius 2 is 1.05 bits per heavy atom. The highest BCUT2D eigenvalue weighted by molar-refractivity contribution is 8.13. The smallest absolute Gasteiger partial charge is 0.151 e. The predicted octanol–water partition coefficient (Wildman–Crippen LogP) is 4.02. The normalized spacial score (nSPS) is 9.64. The van der Waals surface area contributed by atoms with Crippen molar-refractivity contribution in [2.24, 2.45) is 11.5 Å². The minimum atomic E-state index is 0. The van der Waals surface area contributed by atoms with Crippen molar-refractivity contribution in [2.45, 2.75) is 39.2 Å². The highest BCUT2D eigenvalue weighted by atomic mass is 35.5. The van der Waals surface area contributed by atoms with Crippen molar-refractivity contribution in [3.63, 3.8) is 0 Å². The Hall–Kier alpha value is -0.560. The van der Waals surface area contributed by atoms with Crippen LogP contribution in [-0.2, 0) is 11.5 Å². The minimum Gasteiger partial charge on any atom is -0.379 e. The van der Waals surface area contributed by atoms with Crippen LogP contribution < -0.4 is 11.5 Å². The Kier molecular flexibility index (Phi) is 11.1. The lowest BCUT2D eigenvalue weighted by molar-refractivity contribution is 1.11. The number of halogens is 2. The molecule has 1 aromatic rings. The second kappa shape index (κ2) is 10.3. The molecule has 126 valence electrons. The van der Waals surface area contributed by atoms with Crippen LogP contribution in [-0.4, -0.2) is 10.3 Å². The first-order chi connectivity index (χ1) is 9.25. The number of hydrogen-bond acceptors (Lipinski definition) is 4. The topological polar surface area (TPSA) is 99.7 Å². The van der Waals surface area contributed by atoms with E-state index in [-0.39, 0.29) is 35.1 Å². The van der Waals surface area contributed by atoms with Gasteiger partial charge in [-0.05, 0) is 61.1 Å². The third kappa shape index (κ3) is 5.91. The number of amidine groups is 2. The lowest BCUT2D eigenvalue weighted by Gasteiger charge is -2.20. The van der Waals surface area contributed by atoms with Crippen molar-refractivity contribution in [3.8, 4) is 0 Å². The van der Waals surface area contributed by atoms with Gasteiger partial charge in [0.2, 0.25) is 0 Å². The van der Waals surface area contributed by atoms with Gasteiger partial charge in [0.1, 0.15) is 0 Å². The van der Waals surface area contributed by atoms with E-state index in [1.165, 1.54) is 56.9 Å². The first-order valence-corrected chi connectivity index (χ1v) is 8.24. The van der Waals surface area contributed by atoms with Crippen LogP contribution in [0.1, 0.15) is 33.4 Å². The molecule has 0 atom stereocenters. The van der Waals surface area contributed by atoms with Crippen molar-refractivity contribution in [3.05, 3.63) is 33.4 Å². The van der Waals surface area contributed by atoms with E-state index in [9.17, 15) is 0 Å². The average Bonchev–Trinajstić information content (AvgIpc) is 2.35. The quantitative estimate of drug-likeness (QED) is 0.466. The molecule has 0 radical (unpaired) electrons. The molecule has 8 heteroatoms. The highest BCUT2D eigenvalue weighted by Gasteiger charge is 2.15. The zero-order valence-corrected chi connectivity index (χ0v) is 16.5. The van der Waals surface area contributed by atoms with Gasteiger partial charge in [-0.3, -0.25) is 10.8 Å². The summed E-state index contributed by atoms with van der Waals surface area (Å²) in [6.45, 7) is 8.46. The largest absolute Gasteiger partial charge is 0.379 e. The number of hydrogen-bond donors (Lipinski definition) is 4. The molecule has 0 aromatic heterocycles. The second-order valence-electron chi connectivity index (χ2n) is 4.76. The Bertz CT molecular complexity index is 517. The zero-order chi connectivity index (χ0) is 15.4. The summed E-state index contributed by atoms with van der Waals surface area (Å²) >= 11 is 2.70. The van der Waals surface area contributed by atoms with Crippen molar-refractivity contribution in [1.82, 2.24) is 0 Å². The van der Waals surface area contributed by atoms with E-state index in [2.05, 4.69) is 27.7 Å². The number of rotatable bonds is 4. The maximum absolute atomic E-state index is 7.36. The first-order valence-electron chi connectivity index (χ1n) is 6.27. The van der Waals surface area contributed by atoms with Gasteiger partial charge >= 0.3 is 0 Å². The van der Waals surface area contributed by atoms with Gasteiger partial charge in [-0.25, -0.2) is 0 Å². The molecule has 0 unspecified atom stereocenters. The fraction of sp³-hybridized carbons (Fsp3) is 0.429. The minimum absolute atomic E-state index is 0. The van der Waals surface area contributed by atoms with Crippen LogP contribution >= 0.6 is 48.3 Å². The molecule has 0 spiro atoms. The van der Waals surface area contributed by atoms with Gasteiger partial charge in [-0.15, -0.1) is 24.8 Å². The summed E-state index contributed by atoms with van der Waals surface area (Å²) in [6, 6.07) is 0. The number of benzene rings is 1. The molecular weight excluding hydrogens is 359 g/mol. The van der Waals surface area contributed by atoms with Gasteiger partial charge in [-0.1, -0.05) is 23.5 Å². The maximum atomic E-state index is 7.36. The van der Waals surface area contributed by atoms with Gasteiger partial charge in [0.15, 0.2) is 10.3 Å². The molecule has 0 saturated carbocycles. The molecule has 22 heavy (non-hydrogen) atoms. The molecule has 4 nitrogen and oxygen atoms in total. The average molecular weight is 383 g/mol. The summed E-state index contributed by atoms with van der Waals surface area (Å²) in [6.07, 6.45) is 0. The van der Waals surface area contributed by atoms with Crippen LogP contribution in [0.25, 0.3) is 0 Å².